The van der Waals surface area contributed by atoms with Gasteiger partial charge in [-0.2, -0.15) is 0 Å². The van der Waals surface area contributed by atoms with Gasteiger partial charge in [-0.1, -0.05) is 42.5 Å². The van der Waals surface area contributed by atoms with Crippen molar-refractivity contribution in [2.75, 3.05) is 18.2 Å². The molecule has 0 fully saturated rings. The summed E-state index contributed by atoms with van der Waals surface area (Å²) in [7, 11) is 0. The summed E-state index contributed by atoms with van der Waals surface area (Å²) in [5.41, 5.74) is 3.30. The van der Waals surface area contributed by atoms with Gasteiger partial charge in [-0.25, -0.2) is 9.98 Å². The molecule has 144 valence electrons. The molecule has 2 aromatic carbocycles. The van der Waals surface area contributed by atoms with Crippen LogP contribution in [0.5, 0.6) is 0 Å². The third-order valence-electron chi connectivity index (χ3n) is 5.42. The molecule has 7 heteroatoms. The lowest BCUT2D eigenvalue weighted by Gasteiger charge is -2.41. The van der Waals surface area contributed by atoms with E-state index in [2.05, 4.69) is 50.0 Å². The highest BCUT2D eigenvalue weighted by atomic mass is 16.3. The van der Waals surface area contributed by atoms with E-state index in [9.17, 15) is 0 Å². The van der Waals surface area contributed by atoms with Crippen molar-refractivity contribution in [1.29, 1.82) is 0 Å². The number of rotatable bonds is 3. The van der Waals surface area contributed by atoms with E-state index in [0.29, 0.717) is 6.67 Å². The van der Waals surface area contributed by atoms with Gasteiger partial charge in [-0.3, -0.25) is 14.4 Å². The lowest BCUT2D eigenvalue weighted by Crippen LogP contribution is -2.57. The Labute approximate surface area is 167 Å². The fraction of sp³-hybridized carbons (Fsp3) is 0.182. The van der Waals surface area contributed by atoms with Gasteiger partial charge in [0.2, 0.25) is 11.9 Å². The summed E-state index contributed by atoms with van der Waals surface area (Å²) >= 11 is 0. The van der Waals surface area contributed by atoms with Crippen LogP contribution in [0.2, 0.25) is 0 Å². The number of anilines is 1. The summed E-state index contributed by atoms with van der Waals surface area (Å²) in [6.07, 6.45) is 1.52. The predicted molar refractivity (Wildman–Crippen MR) is 111 cm³/mol. The zero-order valence-corrected chi connectivity index (χ0v) is 15.8. The molecular formula is C22H20N6O. The van der Waals surface area contributed by atoms with Gasteiger partial charge in [0.1, 0.15) is 5.76 Å². The number of nitrogens with zero attached hydrogens (tertiary/aromatic N) is 5. The molecule has 0 amide bonds. The van der Waals surface area contributed by atoms with Crippen molar-refractivity contribution in [3.05, 3.63) is 84.3 Å². The maximum absolute atomic E-state index is 5.73. The minimum atomic E-state index is -0.178. The topological polar surface area (TPSA) is 61.8 Å². The Morgan fingerprint density at radius 3 is 2.72 bits per heavy atom. The number of imidazole rings is 1. The van der Waals surface area contributed by atoms with Crippen LogP contribution in [0, 0.1) is 0 Å². The minimum absolute atomic E-state index is 0.178. The number of aromatic nitrogens is 2. The number of aliphatic imine (C=N–C) groups is 1. The van der Waals surface area contributed by atoms with E-state index in [1.165, 1.54) is 5.56 Å². The number of hydrogen-bond acceptors (Lipinski definition) is 6. The summed E-state index contributed by atoms with van der Waals surface area (Å²) in [6, 6.07) is 22.6. The molecule has 4 heterocycles. The SMILES string of the molecule is c1ccc(CN2CN=C3N[C@H](c4ccco4)n4c(nc5ccccc54)N3C2)cc1. The quantitative estimate of drug-likeness (QED) is 0.587. The Bertz CT molecular complexity index is 1180. The van der Waals surface area contributed by atoms with Gasteiger partial charge in [0, 0.05) is 6.54 Å². The highest BCUT2D eigenvalue weighted by Gasteiger charge is 2.36. The lowest BCUT2D eigenvalue weighted by atomic mass is 10.2. The van der Waals surface area contributed by atoms with Crippen LogP contribution in [0.4, 0.5) is 5.95 Å². The normalized spacial score (nSPS) is 18.8. The third kappa shape index (κ3) is 2.70. The Morgan fingerprint density at radius 2 is 1.86 bits per heavy atom. The van der Waals surface area contributed by atoms with E-state index in [1.54, 1.807) is 6.26 Å². The Hall–Kier alpha value is -3.58. The van der Waals surface area contributed by atoms with E-state index in [-0.39, 0.29) is 6.17 Å². The molecule has 4 aromatic rings. The van der Waals surface area contributed by atoms with Crippen molar-refractivity contribution < 1.29 is 4.42 Å². The van der Waals surface area contributed by atoms with Gasteiger partial charge in [0.05, 0.1) is 30.6 Å². The van der Waals surface area contributed by atoms with Crippen molar-refractivity contribution in [2.24, 2.45) is 4.99 Å². The van der Waals surface area contributed by atoms with Crippen LogP contribution in [0.3, 0.4) is 0 Å². The lowest BCUT2D eigenvalue weighted by molar-refractivity contribution is 0.262. The van der Waals surface area contributed by atoms with Crippen LogP contribution in [0.1, 0.15) is 17.5 Å². The molecule has 2 aromatic heterocycles. The molecule has 7 nitrogen and oxygen atoms in total. The summed E-state index contributed by atoms with van der Waals surface area (Å²) in [4.78, 5) is 14.2. The molecule has 0 radical (unpaired) electrons. The molecule has 0 spiro atoms. The van der Waals surface area contributed by atoms with Crippen LogP contribution >= 0.6 is 0 Å². The summed E-state index contributed by atoms with van der Waals surface area (Å²) in [5, 5.41) is 3.56. The van der Waals surface area contributed by atoms with Crippen LogP contribution < -0.4 is 10.2 Å². The maximum atomic E-state index is 5.73. The molecule has 2 aliphatic heterocycles. The van der Waals surface area contributed by atoms with Crippen LogP contribution in [0.15, 0.2) is 82.4 Å². The molecule has 0 bridgehead atoms. The largest absolute Gasteiger partial charge is 0.465 e. The number of nitrogens with one attached hydrogen (secondary N) is 1. The van der Waals surface area contributed by atoms with Crippen LogP contribution in [-0.4, -0.2) is 33.7 Å². The highest BCUT2D eigenvalue weighted by Crippen LogP contribution is 2.34. The average Bonchev–Trinajstić information content (AvgIpc) is 3.43. The summed E-state index contributed by atoms with van der Waals surface area (Å²) < 4.78 is 7.93. The number of guanidine groups is 1. The highest BCUT2D eigenvalue weighted by molar-refractivity contribution is 5.98. The minimum Gasteiger partial charge on any atom is -0.465 e. The van der Waals surface area contributed by atoms with Crippen molar-refractivity contribution in [2.45, 2.75) is 12.7 Å². The van der Waals surface area contributed by atoms with Crippen molar-refractivity contribution >= 4 is 22.9 Å². The zero-order valence-electron chi connectivity index (χ0n) is 15.8. The number of para-hydroxylation sites is 2. The first-order valence-corrected chi connectivity index (χ1v) is 9.72. The molecule has 1 atom stereocenters. The maximum Gasteiger partial charge on any atom is 0.216 e. The second-order valence-electron chi connectivity index (χ2n) is 7.34. The molecule has 29 heavy (non-hydrogen) atoms. The second kappa shape index (κ2) is 6.49. The Morgan fingerprint density at radius 1 is 1.00 bits per heavy atom. The number of hydrogen-bond donors (Lipinski definition) is 1. The fourth-order valence-electron chi connectivity index (χ4n) is 4.10. The standard InChI is InChI=1S/C22H20N6O/c1-2-7-16(8-3-1)13-26-14-23-21-25-20(19-11-6-12-29-19)28-18-10-5-4-9-17(18)24-22(28)27(21)15-26/h1-12,20H,13-15H2,(H,23,25)/t20-/m0/s1. The Kier molecular flexibility index (Phi) is 3.67. The summed E-state index contributed by atoms with van der Waals surface area (Å²) in [6.45, 7) is 2.20. The number of fused-ring (bicyclic) bond motifs is 5. The molecule has 0 aliphatic carbocycles. The molecular weight excluding hydrogens is 364 g/mol. The number of benzene rings is 2. The number of furan rings is 1. The smallest absolute Gasteiger partial charge is 0.216 e. The van der Waals surface area contributed by atoms with Crippen molar-refractivity contribution in [3.8, 4) is 0 Å². The molecule has 0 saturated carbocycles. The van der Waals surface area contributed by atoms with Crippen LogP contribution in [-0.2, 0) is 6.54 Å². The average molecular weight is 384 g/mol. The monoisotopic (exact) mass is 384 g/mol. The van der Waals surface area contributed by atoms with Gasteiger partial charge < -0.3 is 9.73 Å². The van der Waals surface area contributed by atoms with E-state index >= 15 is 0 Å². The zero-order chi connectivity index (χ0) is 19.2. The molecule has 0 saturated heterocycles. The second-order valence-corrected chi connectivity index (χ2v) is 7.34. The first-order valence-electron chi connectivity index (χ1n) is 9.72. The molecule has 2 aliphatic rings. The van der Waals surface area contributed by atoms with Gasteiger partial charge in [-0.05, 0) is 29.8 Å². The third-order valence-corrected chi connectivity index (χ3v) is 5.42. The van der Waals surface area contributed by atoms with Gasteiger partial charge >= 0.3 is 0 Å². The van der Waals surface area contributed by atoms with Gasteiger partial charge in [0.15, 0.2) is 6.17 Å². The Balaban J connectivity index is 1.42. The van der Waals surface area contributed by atoms with E-state index in [0.717, 1.165) is 41.9 Å². The predicted octanol–water partition coefficient (Wildman–Crippen LogP) is 3.37. The molecule has 0 unspecified atom stereocenters. The van der Waals surface area contributed by atoms with Crippen LogP contribution in [0.25, 0.3) is 11.0 Å². The van der Waals surface area contributed by atoms with Crippen molar-refractivity contribution in [3.63, 3.8) is 0 Å². The first-order chi connectivity index (χ1) is 14.4. The molecule has 1 N–H and O–H groups in total. The van der Waals surface area contributed by atoms with Gasteiger partial charge in [-0.15, -0.1) is 0 Å². The molecule has 6 rings (SSSR count). The van der Waals surface area contributed by atoms with E-state index in [1.807, 2.05) is 36.4 Å². The summed E-state index contributed by atoms with van der Waals surface area (Å²) in [5.74, 6) is 2.55. The first kappa shape index (κ1) is 16.4. The fourth-order valence-corrected chi connectivity index (χ4v) is 4.10. The van der Waals surface area contributed by atoms with E-state index < -0.39 is 0 Å². The van der Waals surface area contributed by atoms with E-state index in [4.69, 9.17) is 14.4 Å². The van der Waals surface area contributed by atoms with Crippen molar-refractivity contribution in [1.82, 2.24) is 19.8 Å². The van der Waals surface area contributed by atoms with Gasteiger partial charge in [0.25, 0.3) is 0 Å².